The van der Waals surface area contributed by atoms with E-state index in [1.54, 1.807) is 4.90 Å². The van der Waals surface area contributed by atoms with Crippen LogP contribution >= 0.6 is 0 Å². The Morgan fingerprint density at radius 1 is 1.29 bits per heavy atom. The number of nitrogens with zero attached hydrogens (tertiary/aromatic N) is 3. The van der Waals surface area contributed by atoms with E-state index < -0.39 is 0 Å². The van der Waals surface area contributed by atoms with Crippen LogP contribution in [0.2, 0.25) is 0 Å². The normalized spacial score (nSPS) is 10.6. The summed E-state index contributed by atoms with van der Waals surface area (Å²) < 4.78 is 14.0. The van der Waals surface area contributed by atoms with Gasteiger partial charge in [-0.15, -0.1) is 0 Å². The van der Waals surface area contributed by atoms with Gasteiger partial charge in [0, 0.05) is 13.1 Å². The number of halogens is 1. The fourth-order valence-electron chi connectivity index (χ4n) is 1.66. The average molecular weight is 241 g/mol. The van der Waals surface area contributed by atoms with Gasteiger partial charge in [-0.3, -0.25) is 0 Å². The van der Waals surface area contributed by atoms with Gasteiger partial charge in [0.1, 0.15) is 6.33 Å². The van der Waals surface area contributed by atoms with E-state index in [2.05, 4.69) is 16.9 Å². The van der Waals surface area contributed by atoms with Gasteiger partial charge in [-0.25, -0.2) is 14.4 Å². The summed E-state index contributed by atoms with van der Waals surface area (Å²) in [6.45, 7) is 5.03. The Morgan fingerprint density at radius 2 is 2.06 bits per heavy atom. The Morgan fingerprint density at radius 3 is 2.65 bits per heavy atom. The molecule has 0 aliphatic carbocycles. The molecule has 1 N–H and O–H groups in total. The molecule has 0 saturated carbocycles. The van der Waals surface area contributed by atoms with Crippen LogP contribution in [0.4, 0.5) is 10.2 Å². The molecular weight excluding hydrogens is 221 g/mol. The number of aromatic nitrogens is 2. The lowest BCUT2D eigenvalue weighted by Crippen LogP contribution is -2.30. The quantitative estimate of drug-likeness (QED) is 0.790. The Balaban J connectivity index is 2.92. The minimum Gasteiger partial charge on any atom is -0.395 e. The lowest BCUT2D eigenvalue weighted by molar-refractivity contribution is 0.300. The molecule has 1 aromatic rings. The molecule has 0 spiro atoms. The maximum Gasteiger partial charge on any atom is 0.187 e. The maximum absolute atomic E-state index is 14.0. The van der Waals surface area contributed by atoms with Crippen molar-refractivity contribution in [2.45, 2.75) is 33.1 Å². The first kappa shape index (κ1) is 13.8. The van der Waals surface area contributed by atoms with Crippen molar-refractivity contribution < 1.29 is 9.50 Å². The molecular formula is C12H20FN3O. The van der Waals surface area contributed by atoms with E-state index in [4.69, 9.17) is 5.11 Å². The second kappa shape index (κ2) is 7.17. The largest absolute Gasteiger partial charge is 0.395 e. The van der Waals surface area contributed by atoms with Gasteiger partial charge in [0.05, 0.1) is 12.3 Å². The van der Waals surface area contributed by atoms with Gasteiger partial charge < -0.3 is 10.0 Å². The number of unbranched alkanes of at least 4 members (excludes halogenated alkanes) is 1. The number of aryl methyl sites for hydroxylation is 1. The summed E-state index contributed by atoms with van der Waals surface area (Å²) in [7, 11) is 0. The van der Waals surface area contributed by atoms with Crippen LogP contribution in [-0.4, -0.2) is 34.8 Å². The molecule has 0 atom stereocenters. The molecule has 4 nitrogen and oxygen atoms in total. The number of hydrogen-bond donors (Lipinski definition) is 1. The molecule has 1 heterocycles. The zero-order valence-corrected chi connectivity index (χ0v) is 10.5. The predicted octanol–water partition coefficient (Wildman–Crippen LogP) is 1.78. The Hall–Kier alpha value is -1.23. The standard InChI is InChI=1S/C12H20FN3O/c1-3-5-6-16(7-8-17)12-11(13)10(4-2)14-9-15-12/h9,17H,3-8H2,1-2H3. The van der Waals surface area contributed by atoms with Gasteiger partial charge in [0.15, 0.2) is 11.6 Å². The van der Waals surface area contributed by atoms with Crippen LogP contribution in [0.15, 0.2) is 6.33 Å². The van der Waals surface area contributed by atoms with Crippen LogP contribution in [0.25, 0.3) is 0 Å². The first-order chi connectivity index (χ1) is 8.24. The molecule has 0 radical (unpaired) electrons. The molecule has 0 saturated heterocycles. The van der Waals surface area contributed by atoms with Crippen LogP contribution in [0, 0.1) is 5.82 Å². The van der Waals surface area contributed by atoms with Gasteiger partial charge in [0.25, 0.3) is 0 Å². The van der Waals surface area contributed by atoms with Crippen LogP contribution < -0.4 is 4.90 Å². The highest BCUT2D eigenvalue weighted by atomic mass is 19.1. The Kier molecular flexibility index (Phi) is 5.83. The molecule has 0 bridgehead atoms. The highest BCUT2D eigenvalue weighted by Gasteiger charge is 2.15. The summed E-state index contributed by atoms with van der Waals surface area (Å²) in [4.78, 5) is 9.67. The molecule has 0 amide bonds. The van der Waals surface area contributed by atoms with Gasteiger partial charge in [0.2, 0.25) is 0 Å². The van der Waals surface area contributed by atoms with E-state index in [0.29, 0.717) is 31.0 Å². The lowest BCUT2D eigenvalue weighted by atomic mass is 10.2. The summed E-state index contributed by atoms with van der Waals surface area (Å²) in [6.07, 6.45) is 3.90. The smallest absolute Gasteiger partial charge is 0.187 e. The summed E-state index contributed by atoms with van der Waals surface area (Å²) >= 11 is 0. The van der Waals surface area contributed by atoms with Crippen LogP contribution in [0.3, 0.4) is 0 Å². The second-order valence-corrected chi connectivity index (χ2v) is 3.88. The third kappa shape index (κ3) is 3.63. The van der Waals surface area contributed by atoms with E-state index in [1.165, 1.54) is 6.33 Å². The zero-order valence-electron chi connectivity index (χ0n) is 10.5. The Labute approximate surface area is 102 Å². The molecule has 96 valence electrons. The van der Waals surface area contributed by atoms with Gasteiger partial charge >= 0.3 is 0 Å². The SMILES string of the molecule is CCCCN(CCO)c1ncnc(CC)c1F. The number of aliphatic hydroxyl groups excluding tert-OH is 1. The fourth-order valence-corrected chi connectivity index (χ4v) is 1.66. The van der Waals surface area contributed by atoms with Gasteiger partial charge in [-0.2, -0.15) is 0 Å². The summed E-state index contributed by atoms with van der Waals surface area (Å²) in [5, 5.41) is 9.01. The average Bonchev–Trinajstić information content (AvgIpc) is 2.35. The second-order valence-electron chi connectivity index (χ2n) is 3.88. The van der Waals surface area contributed by atoms with E-state index >= 15 is 0 Å². The first-order valence-corrected chi connectivity index (χ1v) is 6.09. The van der Waals surface area contributed by atoms with E-state index in [9.17, 15) is 4.39 Å². The van der Waals surface area contributed by atoms with E-state index in [0.717, 1.165) is 12.8 Å². The maximum atomic E-state index is 14.0. The molecule has 0 aliphatic heterocycles. The van der Waals surface area contributed by atoms with Crippen molar-refractivity contribution >= 4 is 5.82 Å². The first-order valence-electron chi connectivity index (χ1n) is 6.09. The third-order valence-electron chi connectivity index (χ3n) is 2.63. The van der Waals surface area contributed by atoms with Crippen molar-refractivity contribution in [3.63, 3.8) is 0 Å². The predicted molar refractivity (Wildman–Crippen MR) is 65.6 cm³/mol. The van der Waals surface area contributed by atoms with Crippen molar-refractivity contribution in [2.75, 3.05) is 24.6 Å². The highest BCUT2D eigenvalue weighted by Crippen LogP contribution is 2.18. The van der Waals surface area contributed by atoms with Crippen molar-refractivity contribution in [1.29, 1.82) is 0 Å². The van der Waals surface area contributed by atoms with Gasteiger partial charge in [-0.1, -0.05) is 20.3 Å². The molecule has 0 fully saturated rings. The van der Waals surface area contributed by atoms with Crippen molar-refractivity contribution in [3.05, 3.63) is 17.8 Å². The number of anilines is 1. The number of hydrogen-bond acceptors (Lipinski definition) is 4. The van der Waals surface area contributed by atoms with Crippen LogP contribution in [-0.2, 0) is 6.42 Å². The third-order valence-corrected chi connectivity index (χ3v) is 2.63. The van der Waals surface area contributed by atoms with Gasteiger partial charge in [-0.05, 0) is 12.8 Å². The minimum atomic E-state index is -0.362. The van der Waals surface area contributed by atoms with Crippen molar-refractivity contribution in [1.82, 2.24) is 9.97 Å². The lowest BCUT2D eigenvalue weighted by Gasteiger charge is -2.23. The molecule has 0 unspecified atom stereocenters. The number of rotatable bonds is 7. The van der Waals surface area contributed by atoms with Crippen LogP contribution in [0.1, 0.15) is 32.4 Å². The van der Waals surface area contributed by atoms with Crippen LogP contribution in [0.5, 0.6) is 0 Å². The summed E-state index contributed by atoms with van der Waals surface area (Å²) in [5.41, 5.74) is 0.425. The molecule has 0 aliphatic rings. The van der Waals surface area contributed by atoms with E-state index in [1.807, 2.05) is 6.92 Å². The molecule has 17 heavy (non-hydrogen) atoms. The summed E-state index contributed by atoms with van der Waals surface area (Å²) in [6, 6.07) is 0. The molecule has 1 aromatic heterocycles. The fraction of sp³-hybridized carbons (Fsp3) is 0.667. The monoisotopic (exact) mass is 241 g/mol. The Bertz CT molecular complexity index is 347. The number of aliphatic hydroxyl groups is 1. The van der Waals surface area contributed by atoms with E-state index in [-0.39, 0.29) is 12.4 Å². The minimum absolute atomic E-state index is 0.00534. The van der Waals surface area contributed by atoms with Crippen molar-refractivity contribution in [2.24, 2.45) is 0 Å². The van der Waals surface area contributed by atoms with Crippen molar-refractivity contribution in [3.8, 4) is 0 Å². The molecule has 0 aromatic carbocycles. The molecule has 1 rings (SSSR count). The zero-order chi connectivity index (χ0) is 12.7. The topological polar surface area (TPSA) is 49.2 Å². The summed E-state index contributed by atoms with van der Waals surface area (Å²) in [5.74, 6) is -0.0566. The highest BCUT2D eigenvalue weighted by molar-refractivity contribution is 5.40. The molecule has 5 heteroatoms.